The van der Waals surface area contributed by atoms with E-state index in [2.05, 4.69) is 158 Å². The molecule has 0 saturated carbocycles. The Morgan fingerprint density at radius 2 is 0.727 bits per heavy atom. The minimum Gasteiger partial charge on any atom is -0.0622 e. The molecule has 0 heteroatoms. The van der Waals surface area contributed by atoms with Crippen molar-refractivity contribution in [2.75, 3.05) is 0 Å². The maximum atomic E-state index is 2.36. The fourth-order valence-corrected chi connectivity index (χ4v) is 8.07. The lowest BCUT2D eigenvalue weighted by Gasteiger charge is -2.16. The number of fused-ring (bicyclic) bond motifs is 7. The van der Waals surface area contributed by atoms with Gasteiger partial charge in [-0.3, -0.25) is 0 Å². The number of rotatable bonds is 3. The maximum Gasteiger partial charge on any atom is -0.000115 e. The average molecular weight is 555 g/mol. The normalized spacial score (nSPS) is 12.1. The van der Waals surface area contributed by atoms with Gasteiger partial charge in [-0.25, -0.2) is 0 Å². The highest BCUT2D eigenvalue weighted by Crippen LogP contribution is 2.55. The first-order valence-electron chi connectivity index (χ1n) is 15.4. The third kappa shape index (κ3) is 3.07. The predicted octanol–water partition coefficient (Wildman–Crippen LogP) is 12.5. The fourth-order valence-electron chi connectivity index (χ4n) is 8.07. The smallest absolute Gasteiger partial charge is 0.000115 e. The molecule has 0 bridgehead atoms. The van der Waals surface area contributed by atoms with Gasteiger partial charge in [0, 0.05) is 0 Å². The Hall–Kier alpha value is -5.72. The molecule has 0 atom stereocenters. The van der Waals surface area contributed by atoms with Gasteiger partial charge in [0.15, 0.2) is 0 Å². The van der Waals surface area contributed by atoms with Gasteiger partial charge in [-0.05, 0) is 98.0 Å². The van der Waals surface area contributed by atoms with Crippen LogP contribution < -0.4 is 0 Å². The summed E-state index contributed by atoms with van der Waals surface area (Å²) in [6.45, 7) is 0. The van der Waals surface area contributed by atoms with E-state index < -0.39 is 0 Å². The molecule has 0 saturated heterocycles. The van der Waals surface area contributed by atoms with Crippen molar-refractivity contribution < 1.29 is 0 Å². The lowest BCUT2D eigenvalue weighted by molar-refractivity contribution is 1.61. The lowest BCUT2D eigenvalue weighted by atomic mass is 9.86. The molecule has 0 aliphatic heterocycles. The molecule has 0 amide bonds. The Morgan fingerprint density at radius 3 is 1.45 bits per heavy atom. The van der Waals surface area contributed by atoms with Gasteiger partial charge in [-0.1, -0.05) is 158 Å². The van der Waals surface area contributed by atoms with Crippen molar-refractivity contribution in [3.63, 3.8) is 0 Å². The summed E-state index contributed by atoms with van der Waals surface area (Å²) in [5, 5.41) is 16.1. The minimum absolute atomic E-state index is 1.24. The number of hydrogen-bond donors (Lipinski definition) is 0. The van der Waals surface area contributed by atoms with Crippen LogP contribution in [0.15, 0.2) is 158 Å². The summed E-state index contributed by atoms with van der Waals surface area (Å²) in [4.78, 5) is 0. The first kappa shape index (κ1) is 23.8. The molecule has 0 aliphatic carbocycles. The Balaban J connectivity index is 1.53. The summed E-state index contributed by atoms with van der Waals surface area (Å²) in [6, 6.07) is 58.2. The van der Waals surface area contributed by atoms with Crippen molar-refractivity contribution in [1.29, 1.82) is 0 Å². The van der Waals surface area contributed by atoms with Gasteiger partial charge in [0.25, 0.3) is 0 Å². The van der Waals surface area contributed by atoms with Crippen LogP contribution in [0.4, 0.5) is 0 Å². The quantitative estimate of drug-likeness (QED) is 0.204. The zero-order valence-corrected chi connectivity index (χ0v) is 24.0. The van der Waals surface area contributed by atoms with E-state index in [0.29, 0.717) is 0 Å². The third-order valence-electron chi connectivity index (χ3n) is 9.75. The van der Waals surface area contributed by atoms with Gasteiger partial charge >= 0.3 is 0 Å². The molecule has 0 N–H and O–H groups in total. The summed E-state index contributed by atoms with van der Waals surface area (Å²) in [5.41, 5.74) is 7.67. The Morgan fingerprint density at radius 1 is 0.227 bits per heavy atom. The topological polar surface area (TPSA) is 0 Å². The molecule has 0 spiro atoms. The largest absolute Gasteiger partial charge is 0.0622 e. The van der Waals surface area contributed by atoms with Crippen LogP contribution in [-0.4, -0.2) is 0 Å². The average Bonchev–Trinajstić information content (AvgIpc) is 3.61. The molecule has 0 aliphatic rings. The van der Waals surface area contributed by atoms with E-state index in [1.165, 1.54) is 98.0 Å². The van der Waals surface area contributed by atoms with Crippen LogP contribution in [0.3, 0.4) is 0 Å². The second-order valence-electron chi connectivity index (χ2n) is 11.9. The zero-order valence-electron chi connectivity index (χ0n) is 24.0. The van der Waals surface area contributed by atoms with E-state index in [0.717, 1.165) is 0 Å². The van der Waals surface area contributed by atoms with Gasteiger partial charge in [-0.15, -0.1) is 0 Å². The van der Waals surface area contributed by atoms with E-state index in [1.54, 1.807) is 0 Å². The highest BCUT2D eigenvalue weighted by atomic mass is 14.3. The summed E-state index contributed by atoms with van der Waals surface area (Å²) in [7, 11) is 0. The molecule has 10 aromatic rings. The minimum atomic E-state index is 1.24. The molecule has 0 aromatic heterocycles. The van der Waals surface area contributed by atoms with Crippen LogP contribution in [0.1, 0.15) is 0 Å². The maximum absolute atomic E-state index is 2.36. The predicted molar refractivity (Wildman–Crippen MR) is 190 cm³/mol. The second kappa shape index (κ2) is 8.89. The summed E-state index contributed by atoms with van der Waals surface area (Å²) >= 11 is 0. The van der Waals surface area contributed by atoms with Crippen LogP contribution in [-0.2, 0) is 0 Å². The van der Waals surface area contributed by atoms with Gasteiger partial charge in [-0.2, -0.15) is 0 Å². The van der Waals surface area contributed by atoms with Crippen LogP contribution in [0, 0.1) is 0 Å². The third-order valence-corrected chi connectivity index (χ3v) is 9.75. The molecule has 0 heterocycles. The second-order valence-corrected chi connectivity index (χ2v) is 11.9. The van der Waals surface area contributed by atoms with Crippen molar-refractivity contribution in [3.05, 3.63) is 158 Å². The van der Waals surface area contributed by atoms with Gasteiger partial charge in [0.1, 0.15) is 0 Å². The van der Waals surface area contributed by atoms with Crippen molar-refractivity contribution in [2.24, 2.45) is 0 Å². The van der Waals surface area contributed by atoms with Crippen molar-refractivity contribution in [2.45, 2.75) is 0 Å². The molecule has 202 valence electrons. The van der Waals surface area contributed by atoms with Crippen LogP contribution in [0.2, 0.25) is 0 Å². The van der Waals surface area contributed by atoms with Gasteiger partial charge < -0.3 is 0 Å². The van der Waals surface area contributed by atoms with Crippen molar-refractivity contribution in [3.8, 4) is 33.4 Å². The number of benzene rings is 8. The molecule has 10 aromatic carbocycles. The molecule has 0 unspecified atom stereocenters. The van der Waals surface area contributed by atoms with E-state index in [9.17, 15) is 0 Å². The molecule has 10 rings (SSSR count). The Bertz CT molecular complexity index is 2680. The van der Waals surface area contributed by atoms with Crippen LogP contribution >= 0.6 is 0 Å². The van der Waals surface area contributed by atoms with Crippen molar-refractivity contribution in [1.82, 2.24) is 0 Å². The Kier molecular flexibility index (Phi) is 4.81. The fraction of sp³-hybridized carbons (Fsp3) is 0. The van der Waals surface area contributed by atoms with Crippen LogP contribution in [0.25, 0.3) is 98.0 Å². The van der Waals surface area contributed by atoms with E-state index in [1.807, 2.05) is 0 Å². The lowest BCUT2D eigenvalue weighted by Crippen LogP contribution is -1.89. The Labute approximate surface area is 255 Å². The molecular formula is C44H26. The van der Waals surface area contributed by atoms with Crippen molar-refractivity contribution >= 4 is 64.6 Å². The molecular weight excluding hydrogens is 528 g/mol. The molecule has 0 nitrogen and oxygen atoms in total. The van der Waals surface area contributed by atoms with Gasteiger partial charge in [0.2, 0.25) is 0 Å². The standard InChI is InChI=1S/C44H26/c1-3-13-27(14-4-1)30-19-7-8-20-32(30)40-37-26-12-23-34-33-22-11-21-31(28-15-5-2-6-16-28)39(33)44(41(34)37)43-36-25-10-18-29-17-9-24-35(38(29)36)42(40)43/h1-26H. The SMILES string of the molecule is c1ccc(-c2ccccc2-c2c3cccc4c5cccc(-c6ccccc6)c5c(c34)c3c4cccc5cccc(c23)c54)cc1. The highest BCUT2D eigenvalue weighted by molar-refractivity contribution is 6.49. The first-order chi connectivity index (χ1) is 21.9. The zero-order chi connectivity index (χ0) is 28.8. The van der Waals surface area contributed by atoms with E-state index >= 15 is 0 Å². The molecule has 0 fully saturated rings. The summed E-state index contributed by atoms with van der Waals surface area (Å²) in [6.07, 6.45) is 0. The van der Waals surface area contributed by atoms with Crippen LogP contribution in [0.5, 0.6) is 0 Å². The van der Waals surface area contributed by atoms with E-state index in [-0.39, 0.29) is 0 Å². The highest BCUT2D eigenvalue weighted by Gasteiger charge is 2.26. The van der Waals surface area contributed by atoms with E-state index in [4.69, 9.17) is 0 Å². The first-order valence-corrected chi connectivity index (χ1v) is 15.4. The summed E-state index contributed by atoms with van der Waals surface area (Å²) in [5.74, 6) is 0. The van der Waals surface area contributed by atoms with Gasteiger partial charge in [0.05, 0.1) is 0 Å². The number of hydrogen-bond acceptors (Lipinski definition) is 0. The monoisotopic (exact) mass is 554 g/mol. The molecule has 44 heavy (non-hydrogen) atoms. The molecule has 0 radical (unpaired) electrons. The summed E-state index contributed by atoms with van der Waals surface area (Å²) < 4.78 is 0.